The Labute approximate surface area is 169 Å². The normalized spacial score (nSPS) is 15.9. The van der Waals surface area contributed by atoms with Crippen LogP contribution in [0, 0.1) is 0 Å². The van der Waals surface area contributed by atoms with E-state index >= 15 is 0 Å². The average molecular weight is 417 g/mol. The molecule has 1 saturated heterocycles. The van der Waals surface area contributed by atoms with E-state index < -0.39 is 12.8 Å². The summed E-state index contributed by atoms with van der Waals surface area (Å²) in [5.41, 5.74) is 0.800. The fraction of sp³-hybridized carbons (Fsp3) is 0.650. The molecule has 1 N–H and O–H groups in total. The third-order valence-corrected chi connectivity index (χ3v) is 4.83. The number of nitrogens with one attached hydrogen (secondary N) is 1. The first-order chi connectivity index (χ1) is 13.8. The van der Waals surface area contributed by atoms with Gasteiger partial charge in [0.1, 0.15) is 0 Å². The highest BCUT2D eigenvalue weighted by molar-refractivity contribution is 5.76. The molecule has 1 heterocycles. The number of hydrogen-bond donors (Lipinski definition) is 1. The molecule has 9 heteroatoms. The van der Waals surface area contributed by atoms with Gasteiger partial charge in [-0.05, 0) is 44.1 Å². The number of methoxy groups -OCH3 is 1. The Kier molecular flexibility index (Phi) is 9.03. The number of likely N-dealkylation sites (N-methyl/N-ethyl adjacent to an activating group) is 1. The summed E-state index contributed by atoms with van der Waals surface area (Å²) in [5.74, 6) is 0.209. The molecule has 1 aliphatic heterocycles. The van der Waals surface area contributed by atoms with Gasteiger partial charge in [0.2, 0.25) is 5.91 Å². The van der Waals surface area contributed by atoms with E-state index in [2.05, 4.69) is 22.2 Å². The highest BCUT2D eigenvalue weighted by Gasteiger charge is 2.29. The molecule has 0 saturated carbocycles. The number of piperazine rings is 1. The second kappa shape index (κ2) is 11.3. The summed E-state index contributed by atoms with van der Waals surface area (Å²) in [5, 5.41) is 2.92. The lowest BCUT2D eigenvalue weighted by Crippen LogP contribution is -2.45. The minimum Gasteiger partial charge on any atom is -0.493 e. The molecule has 0 unspecified atom stereocenters. The molecule has 0 atom stereocenters. The van der Waals surface area contributed by atoms with Gasteiger partial charge in [0.15, 0.2) is 18.1 Å². The number of hydrogen-bond acceptors (Lipinski definition) is 5. The van der Waals surface area contributed by atoms with E-state index in [1.165, 1.54) is 13.2 Å². The van der Waals surface area contributed by atoms with Crippen molar-refractivity contribution in [2.24, 2.45) is 0 Å². The van der Waals surface area contributed by atoms with Crippen LogP contribution in [0.3, 0.4) is 0 Å². The number of carbonyl (C=O) groups excluding carboxylic acids is 1. The van der Waals surface area contributed by atoms with Gasteiger partial charge in [0, 0.05) is 39.1 Å². The topological polar surface area (TPSA) is 54.0 Å². The van der Waals surface area contributed by atoms with Crippen LogP contribution in [-0.4, -0.2) is 81.9 Å². The molecule has 2 rings (SSSR count). The summed E-state index contributed by atoms with van der Waals surface area (Å²) in [6, 6.07) is 4.69. The van der Waals surface area contributed by atoms with Crippen LogP contribution in [-0.2, 0) is 11.2 Å². The zero-order valence-corrected chi connectivity index (χ0v) is 17.1. The van der Waals surface area contributed by atoms with Crippen molar-refractivity contribution in [3.8, 4) is 11.5 Å². The fourth-order valence-corrected chi connectivity index (χ4v) is 3.09. The number of aryl methyl sites for hydroxylation is 1. The Balaban J connectivity index is 1.68. The number of carbonyl (C=O) groups is 1. The van der Waals surface area contributed by atoms with Crippen LogP contribution in [0.15, 0.2) is 18.2 Å². The second-order valence-electron chi connectivity index (χ2n) is 7.24. The van der Waals surface area contributed by atoms with E-state index in [0.717, 1.165) is 44.7 Å². The Hall–Kier alpha value is -2.00. The molecule has 0 aliphatic carbocycles. The Morgan fingerprint density at radius 1 is 1.17 bits per heavy atom. The monoisotopic (exact) mass is 417 g/mol. The third kappa shape index (κ3) is 8.91. The van der Waals surface area contributed by atoms with Gasteiger partial charge in [-0.15, -0.1) is 0 Å². The molecule has 1 aliphatic rings. The molecular formula is C20H30F3N3O3. The molecule has 0 bridgehead atoms. The average Bonchev–Trinajstić information content (AvgIpc) is 2.69. The minimum absolute atomic E-state index is 0.0296. The van der Waals surface area contributed by atoms with E-state index in [0.29, 0.717) is 19.4 Å². The van der Waals surface area contributed by atoms with E-state index in [1.807, 2.05) is 0 Å². The standard InChI is InChI=1S/C20H30F3N3O3/c1-25-10-12-26(13-11-25)9-3-8-24-19(27)7-5-16-4-6-17(18(14-16)28-2)29-15-20(21,22)23/h4,6,14H,3,5,7-13,15H2,1-2H3,(H,24,27). The van der Waals surface area contributed by atoms with Crippen LogP contribution in [0.5, 0.6) is 11.5 Å². The van der Waals surface area contributed by atoms with Crippen molar-refractivity contribution >= 4 is 5.91 Å². The summed E-state index contributed by atoms with van der Waals surface area (Å²) >= 11 is 0. The predicted octanol–water partition coefficient (Wildman–Crippen LogP) is 2.32. The van der Waals surface area contributed by atoms with Crippen LogP contribution >= 0.6 is 0 Å². The molecular weight excluding hydrogens is 387 g/mol. The molecule has 1 aromatic carbocycles. The summed E-state index contributed by atoms with van der Waals surface area (Å²) in [6.07, 6.45) is -2.72. The highest BCUT2D eigenvalue weighted by Crippen LogP contribution is 2.30. The summed E-state index contributed by atoms with van der Waals surface area (Å²) < 4.78 is 46.8. The first kappa shape index (κ1) is 23.3. The third-order valence-electron chi connectivity index (χ3n) is 4.83. The lowest BCUT2D eigenvalue weighted by atomic mass is 10.1. The molecule has 6 nitrogen and oxygen atoms in total. The van der Waals surface area contributed by atoms with Gasteiger partial charge in [0.05, 0.1) is 7.11 Å². The predicted molar refractivity (Wildman–Crippen MR) is 104 cm³/mol. The Morgan fingerprint density at radius 2 is 1.90 bits per heavy atom. The zero-order valence-electron chi connectivity index (χ0n) is 17.1. The van der Waals surface area contributed by atoms with Crippen LogP contribution < -0.4 is 14.8 Å². The molecule has 164 valence electrons. The molecule has 0 radical (unpaired) electrons. The van der Waals surface area contributed by atoms with Crippen LogP contribution in [0.1, 0.15) is 18.4 Å². The van der Waals surface area contributed by atoms with Gasteiger partial charge in [-0.3, -0.25) is 4.79 Å². The van der Waals surface area contributed by atoms with E-state index in [9.17, 15) is 18.0 Å². The van der Waals surface area contributed by atoms with Crippen LogP contribution in [0.4, 0.5) is 13.2 Å². The van der Waals surface area contributed by atoms with Crippen molar-refractivity contribution in [2.75, 3.05) is 60.0 Å². The quantitative estimate of drug-likeness (QED) is 0.593. The van der Waals surface area contributed by atoms with Crippen molar-refractivity contribution < 1.29 is 27.4 Å². The molecule has 1 aromatic rings. The molecule has 29 heavy (non-hydrogen) atoms. The van der Waals surface area contributed by atoms with Crippen LogP contribution in [0.25, 0.3) is 0 Å². The van der Waals surface area contributed by atoms with E-state index in [1.54, 1.807) is 12.1 Å². The number of ether oxygens (including phenoxy) is 2. The number of rotatable bonds is 10. The maximum atomic E-state index is 12.3. The number of amides is 1. The number of benzene rings is 1. The van der Waals surface area contributed by atoms with Gasteiger partial charge < -0.3 is 24.6 Å². The van der Waals surface area contributed by atoms with Gasteiger partial charge >= 0.3 is 6.18 Å². The van der Waals surface area contributed by atoms with Crippen molar-refractivity contribution in [3.05, 3.63) is 23.8 Å². The first-order valence-corrected chi connectivity index (χ1v) is 9.81. The van der Waals surface area contributed by atoms with Crippen molar-refractivity contribution in [1.29, 1.82) is 0 Å². The molecule has 0 spiro atoms. The number of nitrogens with zero attached hydrogens (tertiary/aromatic N) is 2. The highest BCUT2D eigenvalue weighted by atomic mass is 19.4. The van der Waals surface area contributed by atoms with E-state index in [-0.39, 0.29) is 17.4 Å². The fourth-order valence-electron chi connectivity index (χ4n) is 3.09. The lowest BCUT2D eigenvalue weighted by Gasteiger charge is -2.32. The first-order valence-electron chi connectivity index (χ1n) is 9.81. The van der Waals surface area contributed by atoms with Gasteiger partial charge in [-0.25, -0.2) is 0 Å². The number of halogens is 3. The zero-order chi connectivity index (χ0) is 21.3. The Bertz CT molecular complexity index is 648. The maximum Gasteiger partial charge on any atom is 0.422 e. The molecule has 0 aromatic heterocycles. The SMILES string of the molecule is COc1cc(CCC(=O)NCCCN2CCN(C)CC2)ccc1OCC(F)(F)F. The van der Waals surface area contributed by atoms with E-state index in [4.69, 9.17) is 9.47 Å². The summed E-state index contributed by atoms with van der Waals surface area (Å²) in [6.45, 7) is 4.53. The minimum atomic E-state index is -4.41. The van der Waals surface area contributed by atoms with Gasteiger partial charge in [-0.2, -0.15) is 13.2 Å². The summed E-state index contributed by atoms with van der Waals surface area (Å²) in [7, 11) is 3.49. The molecule has 1 amide bonds. The largest absolute Gasteiger partial charge is 0.493 e. The van der Waals surface area contributed by atoms with Crippen LogP contribution in [0.2, 0.25) is 0 Å². The van der Waals surface area contributed by atoms with Gasteiger partial charge in [-0.1, -0.05) is 6.07 Å². The molecule has 1 fully saturated rings. The van der Waals surface area contributed by atoms with Crippen molar-refractivity contribution in [1.82, 2.24) is 15.1 Å². The summed E-state index contributed by atoms with van der Waals surface area (Å²) in [4.78, 5) is 16.7. The van der Waals surface area contributed by atoms with Gasteiger partial charge in [0.25, 0.3) is 0 Å². The van der Waals surface area contributed by atoms with Crippen molar-refractivity contribution in [2.45, 2.75) is 25.4 Å². The lowest BCUT2D eigenvalue weighted by molar-refractivity contribution is -0.153. The second-order valence-corrected chi connectivity index (χ2v) is 7.24. The van der Waals surface area contributed by atoms with Crippen molar-refractivity contribution in [3.63, 3.8) is 0 Å². The Morgan fingerprint density at radius 3 is 2.55 bits per heavy atom. The smallest absolute Gasteiger partial charge is 0.422 e. The number of alkyl halides is 3. The maximum absolute atomic E-state index is 12.3.